The molecule has 0 saturated carbocycles. The molecule has 0 atom stereocenters. The molecule has 1 fully saturated rings. The Balaban J connectivity index is 1.53. The first-order chi connectivity index (χ1) is 14.4. The van der Waals surface area contributed by atoms with E-state index in [9.17, 15) is 8.42 Å². The Hall–Kier alpha value is -1.84. The number of aromatic nitrogens is 3. The van der Waals surface area contributed by atoms with Gasteiger partial charge in [0.2, 0.25) is 10.0 Å². The Labute approximate surface area is 183 Å². The predicted molar refractivity (Wildman–Crippen MR) is 122 cm³/mol. The normalized spacial score (nSPS) is 19.0. The molecule has 1 saturated heterocycles. The number of allylic oxidation sites excluding steroid dienone is 4. The maximum absolute atomic E-state index is 12.1. The van der Waals surface area contributed by atoms with Crippen LogP contribution in [-0.4, -0.2) is 60.6 Å². The molecule has 4 rings (SSSR count). The van der Waals surface area contributed by atoms with Gasteiger partial charge in [-0.2, -0.15) is 9.61 Å². The molecule has 2 radical (unpaired) electrons. The summed E-state index contributed by atoms with van der Waals surface area (Å²) in [5, 5.41) is 8.63. The van der Waals surface area contributed by atoms with Crippen LogP contribution < -0.4 is 10.8 Å². The van der Waals surface area contributed by atoms with E-state index < -0.39 is 10.0 Å². The molecule has 1 aliphatic carbocycles. The van der Waals surface area contributed by atoms with Crippen molar-refractivity contribution >= 4 is 52.0 Å². The van der Waals surface area contributed by atoms with Crippen LogP contribution in [0.5, 0.6) is 0 Å². The van der Waals surface area contributed by atoms with Gasteiger partial charge in [-0.15, -0.1) is 0 Å². The molecule has 0 bridgehead atoms. The lowest BCUT2D eigenvalue weighted by Gasteiger charge is -2.31. The highest BCUT2D eigenvalue weighted by Crippen LogP contribution is 2.30. The van der Waals surface area contributed by atoms with E-state index >= 15 is 0 Å². The lowest BCUT2D eigenvalue weighted by Crippen LogP contribution is -2.40. The zero-order valence-corrected chi connectivity index (χ0v) is 18.6. The quantitative estimate of drug-likeness (QED) is 0.690. The summed E-state index contributed by atoms with van der Waals surface area (Å²) in [4.78, 5) is 4.68. The fourth-order valence-corrected chi connectivity index (χ4v) is 5.33. The Morgan fingerprint density at radius 3 is 2.80 bits per heavy atom. The van der Waals surface area contributed by atoms with Gasteiger partial charge in [0.1, 0.15) is 13.7 Å². The first kappa shape index (κ1) is 21.4. The standard InChI is InChI=1S/C20H25BClN5O2S/c1-2-30(28,29)26-9-7-14(8-10-26)12-23-19-11-18(15-5-3-4-6-17(15)22)25-20-16(21)13-24-27(19)20/h3,5,11,13-14,23H,2,4,6-10,12H2,1H3. The Morgan fingerprint density at radius 2 is 2.10 bits per heavy atom. The second kappa shape index (κ2) is 8.73. The number of fused-ring (bicyclic) bond motifs is 1. The smallest absolute Gasteiger partial charge is 0.213 e. The fraction of sp³-hybridized carbons (Fsp3) is 0.500. The summed E-state index contributed by atoms with van der Waals surface area (Å²) in [5.74, 6) is 1.33. The third-order valence-corrected chi connectivity index (χ3v) is 8.06. The number of hydrogen-bond donors (Lipinski definition) is 1. The van der Waals surface area contributed by atoms with Gasteiger partial charge in [-0.1, -0.05) is 23.8 Å². The molecule has 7 nitrogen and oxygen atoms in total. The average Bonchev–Trinajstić information content (AvgIpc) is 3.13. The molecule has 30 heavy (non-hydrogen) atoms. The van der Waals surface area contributed by atoms with E-state index in [0.29, 0.717) is 30.1 Å². The van der Waals surface area contributed by atoms with Gasteiger partial charge in [-0.05, 0) is 44.0 Å². The molecule has 1 N–H and O–H groups in total. The van der Waals surface area contributed by atoms with Gasteiger partial charge < -0.3 is 5.32 Å². The van der Waals surface area contributed by atoms with Crippen molar-refractivity contribution in [2.75, 3.05) is 30.7 Å². The minimum atomic E-state index is -3.11. The van der Waals surface area contributed by atoms with Crippen LogP contribution in [0.15, 0.2) is 29.4 Å². The predicted octanol–water partition coefficient (Wildman–Crippen LogP) is 2.30. The molecule has 0 spiro atoms. The van der Waals surface area contributed by atoms with Crippen LogP contribution in [0.2, 0.25) is 0 Å². The first-order valence-corrected chi connectivity index (χ1v) is 12.3. The summed E-state index contributed by atoms with van der Waals surface area (Å²) in [6.45, 7) is 3.55. The summed E-state index contributed by atoms with van der Waals surface area (Å²) in [6.07, 6.45) is 9.08. The minimum Gasteiger partial charge on any atom is -0.370 e. The fourth-order valence-electron chi connectivity index (χ4n) is 3.93. The number of rotatable bonds is 6. The maximum Gasteiger partial charge on any atom is 0.213 e. The Bertz CT molecular complexity index is 1100. The summed E-state index contributed by atoms with van der Waals surface area (Å²) >= 11 is 6.46. The number of nitrogens with one attached hydrogen (secondary N) is 1. The van der Waals surface area contributed by atoms with Gasteiger partial charge in [0.25, 0.3) is 0 Å². The van der Waals surface area contributed by atoms with E-state index in [1.165, 1.54) is 0 Å². The van der Waals surface area contributed by atoms with Gasteiger partial charge >= 0.3 is 0 Å². The highest BCUT2D eigenvalue weighted by molar-refractivity contribution is 7.89. The van der Waals surface area contributed by atoms with Crippen molar-refractivity contribution in [2.24, 2.45) is 5.92 Å². The van der Waals surface area contributed by atoms with Gasteiger partial charge in [0.15, 0.2) is 5.65 Å². The van der Waals surface area contributed by atoms with Crippen LogP contribution in [0.25, 0.3) is 11.2 Å². The zero-order valence-electron chi connectivity index (χ0n) is 17.0. The number of halogens is 1. The van der Waals surface area contributed by atoms with Crippen molar-refractivity contribution in [3.05, 3.63) is 35.1 Å². The second-order valence-electron chi connectivity index (χ2n) is 7.75. The largest absolute Gasteiger partial charge is 0.370 e. The molecule has 2 aliphatic rings. The number of nitrogens with zero attached hydrogens (tertiary/aromatic N) is 4. The maximum atomic E-state index is 12.1. The van der Waals surface area contributed by atoms with Gasteiger partial charge in [0.05, 0.1) is 11.4 Å². The topological polar surface area (TPSA) is 79.6 Å². The molecule has 3 heterocycles. The van der Waals surface area contributed by atoms with Crippen LogP contribution in [0.1, 0.15) is 38.3 Å². The van der Waals surface area contributed by atoms with E-state index in [4.69, 9.17) is 19.4 Å². The van der Waals surface area contributed by atoms with E-state index in [1.807, 2.05) is 12.1 Å². The number of sulfonamides is 1. The Kier molecular flexibility index (Phi) is 6.22. The molecule has 2 aromatic heterocycles. The first-order valence-electron chi connectivity index (χ1n) is 10.3. The molecule has 0 amide bonds. The zero-order chi connectivity index (χ0) is 21.3. The summed E-state index contributed by atoms with van der Waals surface area (Å²) in [5.41, 5.74) is 2.78. The SMILES string of the molecule is [B]c1cnn2c(NCC3CCN(S(=O)(=O)CC)CC3)cc(C3=C(Cl)CCC=C3)nc12. The molecule has 158 valence electrons. The van der Waals surface area contributed by atoms with Crippen LogP contribution >= 0.6 is 11.6 Å². The highest BCUT2D eigenvalue weighted by Gasteiger charge is 2.26. The van der Waals surface area contributed by atoms with Gasteiger partial charge in [0, 0.05) is 42.5 Å². The van der Waals surface area contributed by atoms with E-state index in [2.05, 4.69) is 21.5 Å². The molecular formula is C20H25BClN5O2S. The van der Waals surface area contributed by atoms with Gasteiger partial charge in [-0.25, -0.2) is 17.7 Å². The average molecular weight is 446 g/mol. The summed E-state index contributed by atoms with van der Waals surface area (Å²) in [7, 11) is 2.97. The number of piperidine rings is 1. The lowest BCUT2D eigenvalue weighted by atomic mass is 9.98. The Morgan fingerprint density at radius 1 is 1.33 bits per heavy atom. The van der Waals surface area contributed by atoms with Crippen molar-refractivity contribution in [1.82, 2.24) is 18.9 Å². The van der Waals surface area contributed by atoms with Crippen molar-refractivity contribution < 1.29 is 8.42 Å². The van der Waals surface area contributed by atoms with E-state index in [0.717, 1.165) is 54.3 Å². The van der Waals surface area contributed by atoms with Crippen molar-refractivity contribution in [2.45, 2.75) is 32.6 Å². The van der Waals surface area contributed by atoms with Crippen LogP contribution in [0.4, 0.5) is 5.82 Å². The van der Waals surface area contributed by atoms with Crippen molar-refractivity contribution in [3.8, 4) is 0 Å². The third-order valence-electron chi connectivity index (χ3n) is 5.79. The molecular weight excluding hydrogens is 421 g/mol. The molecule has 2 aromatic rings. The van der Waals surface area contributed by atoms with Crippen LogP contribution in [-0.2, 0) is 10.0 Å². The van der Waals surface area contributed by atoms with Crippen molar-refractivity contribution in [1.29, 1.82) is 0 Å². The van der Waals surface area contributed by atoms with Crippen molar-refractivity contribution in [3.63, 3.8) is 0 Å². The lowest BCUT2D eigenvalue weighted by molar-refractivity contribution is 0.282. The molecule has 1 aliphatic heterocycles. The molecule has 10 heteroatoms. The highest BCUT2D eigenvalue weighted by atomic mass is 35.5. The second-order valence-corrected chi connectivity index (χ2v) is 10.5. The van der Waals surface area contributed by atoms with Crippen LogP contribution in [0, 0.1) is 5.92 Å². The molecule has 0 aromatic carbocycles. The monoisotopic (exact) mass is 445 g/mol. The third kappa shape index (κ3) is 4.29. The van der Waals surface area contributed by atoms with Crippen LogP contribution in [0.3, 0.4) is 0 Å². The number of hydrogen-bond acceptors (Lipinski definition) is 5. The van der Waals surface area contributed by atoms with Gasteiger partial charge in [-0.3, -0.25) is 0 Å². The minimum absolute atomic E-state index is 0.154. The van der Waals surface area contributed by atoms with E-state index in [1.54, 1.807) is 21.9 Å². The van der Waals surface area contributed by atoms with E-state index in [-0.39, 0.29) is 5.75 Å². The number of anilines is 1. The summed E-state index contributed by atoms with van der Waals surface area (Å²) < 4.78 is 27.4. The molecule has 0 unspecified atom stereocenters. The summed E-state index contributed by atoms with van der Waals surface area (Å²) in [6, 6.07) is 1.95.